The molecule has 7 rings (SSSR count). The number of nitrogens with zero attached hydrogens (tertiary/aromatic N) is 4. The van der Waals surface area contributed by atoms with Crippen molar-refractivity contribution in [2.75, 3.05) is 0 Å². The summed E-state index contributed by atoms with van der Waals surface area (Å²) in [6.07, 6.45) is 1.93. The van der Waals surface area contributed by atoms with Crippen molar-refractivity contribution in [1.82, 2.24) is 19.9 Å². The van der Waals surface area contributed by atoms with Crippen LogP contribution >= 0.6 is 0 Å². The van der Waals surface area contributed by atoms with Crippen LogP contribution < -0.4 is 4.74 Å². The maximum Gasteiger partial charge on any atom is 0.164 e. The molecular formula is C46H47IrN4O-. The van der Waals surface area contributed by atoms with Crippen LogP contribution in [0.15, 0.2) is 103 Å². The number of hydrogen-bond donors (Lipinski definition) is 0. The number of ether oxygens (including phenoxy) is 1. The zero-order chi connectivity index (χ0) is 36.3. The molecule has 5 nitrogen and oxygen atoms in total. The van der Waals surface area contributed by atoms with Crippen molar-refractivity contribution in [3.8, 4) is 62.3 Å². The molecule has 1 aliphatic rings. The molecular weight excluding hydrogens is 817 g/mol. The number of rotatable bonds is 5. The van der Waals surface area contributed by atoms with Gasteiger partial charge in [-0.1, -0.05) is 146 Å². The van der Waals surface area contributed by atoms with E-state index in [9.17, 15) is 0 Å². The molecule has 4 aromatic carbocycles. The van der Waals surface area contributed by atoms with E-state index in [-0.39, 0.29) is 42.0 Å². The van der Waals surface area contributed by atoms with Gasteiger partial charge < -0.3 is 9.72 Å². The Morgan fingerprint density at radius 1 is 0.558 bits per heavy atom. The Kier molecular flexibility index (Phi) is 9.65. The zero-order valence-electron chi connectivity index (χ0n) is 31.8. The van der Waals surface area contributed by atoms with Crippen molar-refractivity contribution < 1.29 is 24.8 Å². The normalized spacial score (nSPS) is 14.7. The van der Waals surface area contributed by atoms with Crippen LogP contribution in [0.5, 0.6) is 5.75 Å². The third-order valence-electron chi connectivity index (χ3n) is 10.6. The van der Waals surface area contributed by atoms with Gasteiger partial charge in [0.25, 0.3) is 0 Å². The van der Waals surface area contributed by atoms with Crippen molar-refractivity contribution in [3.05, 3.63) is 126 Å². The monoisotopic (exact) mass is 864 g/mol. The Bertz CT molecular complexity index is 2130. The van der Waals surface area contributed by atoms with E-state index in [1.54, 1.807) is 0 Å². The van der Waals surface area contributed by atoms with Crippen LogP contribution in [0.25, 0.3) is 56.5 Å². The SMILES string of the molecule is CC(C)(C)c1ccc(-c2nc(-c3ccc(-c4ccc(-c5[c-]cc6c(c5)C(C)(C)C(C)(C)O6)nc4)cc3)nc(-c3ccc(C(C)(C)C)cc3)n2)cc1.[Ir]. The van der Waals surface area contributed by atoms with Gasteiger partial charge in [0.1, 0.15) is 0 Å². The second-order valence-electron chi connectivity index (χ2n) is 16.8. The van der Waals surface area contributed by atoms with Crippen molar-refractivity contribution in [1.29, 1.82) is 0 Å². The van der Waals surface area contributed by atoms with Crippen LogP contribution in [0.3, 0.4) is 0 Å². The van der Waals surface area contributed by atoms with E-state index < -0.39 is 0 Å². The van der Waals surface area contributed by atoms with Gasteiger partial charge in [0, 0.05) is 54.2 Å². The molecule has 3 heterocycles. The molecule has 0 atom stereocenters. The van der Waals surface area contributed by atoms with Crippen molar-refractivity contribution >= 4 is 0 Å². The van der Waals surface area contributed by atoms with Gasteiger partial charge >= 0.3 is 0 Å². The van der Waals surface area contributed by atoms with E-state index in [1.807, 2.05) is 12.3 Å². The fourth-order valence-corrected chi connectivity index (χ4v) is 6.46. The van der Waals surface area contributed by atoms with Gasteiger partial charge in [0.2, 0.25) is 0 Å². The van der Waals surface area contributed by atoms with Gasteiger partial charge in [-0.25, -0.2) is 15.0 Å². The smallest absolute Gasteiger partial charge is 0.164 e. The van der Waals surface area contributed by atoms with Gasteiger partial charge in [0.05, 0.1) is 5.60 Å². The molecule has 0 saturated heterocycles. The number of fused-ring (bicyclic) bond motifs is 1. The van der Waals surface area contributed by atoms with Crippen molar-refractivity contribution in [2.45, 2.75) is 91.1 Å². The van der Waals surface area contributed by atoms with Gasteiger partial charge in [-0.2, -0.15) is 0 Å². The van der Waals surface area contributed by atoms with Crippen molar-refractivity contribution in [2.24, 2.45) is 0 Å². The van der Waals surface area contributed by atoms with Crippen molar-refractivity contribution in [3.63, 3.8) is 0 Å². The molecule has 0 aliphatic carbocycles. The maximum absolute atomic E-state index is 6.24. The number of pyridine rings is 1. The summed E-state index contributed by atoms with van der Waals surface area (Å²) in [7, 11) is 0. The summed E-state index contributed by atoms with van der Waals surface area (Å²) in [6, 6.07) is 37.2. The van der Waals surface area contributed by atoms with E-state index in [4.69, 9.17) is 24.7 Å². The number of aromatic nitrogens is 4. The Hall–Kier alpha value is -4.51. The van der Waals surface area contributed by atoms with Crippen LogP contribution in [0, 0.1) is 6.07 Å². The van der Waals surface area contributed by atoms with E-state index in [0.717, 1.165) is 44.8 Å². The molecule has 267 valence electrons. The largest absolute Gasteiger partial charge is 0.530 e. The molecule has 0 unspecified atom stereocenters. The number of hydrogen-bond acceptors (Lipinski definition) is 5. The first-order valence-corrected chi connectivity index (χ1v) is 17.8. The summed E-state index contributed by atoms with van der Waals surface area (Å²) in [5, 5.41) is 0. The Morgan fingerprint density at radius 3 is 1.40 bits per heavy atom. The minimum atomic E-state index is -0.287. The molecule has 1 aliphatic heterocycles. The van der Waals surface area contributed by atoms with Crippen LogP contribution in [0.1, 0.15) is 85.9 Å². The first-order chi connectivity index (χ1) is 24.0. The van der Waals surface area contributed by atoms with E-state index in [0.29, 0.717) is 17.5 Å². The van der Waals surface area contributed by atoms with Crippen LogP contribution in [0.2, 0.25) is 0 Å². The number of benzene rings is 4. The van der Waals surface area contributed by atoms with E-state index in [1.165, 1.54) is 16.7 Å². The molecule has 0 bridgehead atoms. The zero-order valence-corrected chi connectivity index (χ0v) is 34.2. The minimum absolute atomic E-state index is 0. The molecule has 1 radical (unpaired) electrons. The summed E-state index contributed by atoms with van der Waals surface area (Å²) in [4.78, 5) is 19.8. The van der Waals surface area contributed by atoms with E-state index >= 15 is 0 Å². The predicted octanol–water partition coefficient (Wildman–Crippen LogP) is 11.4. The molecule has 0 spiro atoms. The van der Waals surface area contributed by atoms with E-state index in [2.05, 4.69) is 166 Å². The molecule has 52 heavy (non-hydrogen) atoms. The quantitative estimate of drug-likeness (QED) is 0.162. The third kappa shape index (κ3) is 7.12. The third-order valence-corrected chi connectivity index (χ3v) is 10.6. The van der Waals surface area contributed by atoms with Gasteiger partial charge in [-0.05, 0) is 52.6 Å². The van der Waals surface area contributed by atoms with Crippen LogP contribution in [0.4, 0.5) is 0 Å². The first-order valence-electron chi connectivity index (χ1n) is 17.8. The van der Waals surface area contributed by atoms with Gasteiger partial charge in [-0.3, -0.25) is 0 Å². The fraction of sp³-hybridized carbons (Fsp3) is 0.304. The second kappa shape index (κ2) is 13.5. The average Bonchev–Trinajstić information content (AvgIpc) is 3.29. The Morgan fingerprint density at radius 2 is 0.981 bits per heavy atom. The maximum atomic E-state index is 6.24. The summed E-state index contributed by atoms with van der Waals surface area (Å²) >= 11 is 0. The molecule has 2 aromatic heterocycles. The minimum Gasteiger partial charge on any atom is -0.530 e. The van der Waals surface area contributed by atoms with Crippen LogP contribution in [-0.4, -0.2) is 25.5 Å². The standard InChI is InChI=1S/C46H47N4O.Ir/c1-43(2,3)35-21-15-31(16-22-35)41-48-40(49-42(50-41)32-17-23-36(24-18-32)44(4,5)6)30-13-11-29(12-14-30)34-19-25-38(47-28-34)33-20-26-39-37(27-33)45(7,8)46(9,10)51-39;/h11-19,21-28H,1-10H3;/q-1;. The summed E-state index contributed by atoms with van der Waals surface area (Å²) < 4.78 is 6.24. The fourth-order valence-electron chi connectivity index (χ4n) is 6.46. The second-order valence-corrected chi connectivity index (χ2v) is 16.8. The molecule has 0 saturated carbocycles. The molecule has 6 aromatic rings. The van der Waals surface area contributed by atoms with Crippen LogP contribution in [-0.2, 0) is 36.4 Å². The Labute approximate surface area is 322 Å². The first kappa shape index (κ1) is 37.3. The Balaban J connectivity index is 0.00000464. The van der Waals surface area contributed by atoms with Gasteiger partial charge in [0.15, 0.2) is 17.5 Å². The summed E-state index contributed by atoms with van der Waals surface area (Å²) in [5.74, 6) is 2.85. The predicted molar refractivity (Wildman–Crippen MR) is 209 cm³/mol. The average molecular weight is 864 g/mol. The summed E-state index contributed by atoms with van der Waals surface area (Å²) in [6.45, 7) is 22.1. The molecule has 0 N–H and O–H groups in total. The molecule has 0 amide bonds. The topological polar surface area (TPSA) is 60.8 Å². The molecule has 6 heteroatoms. The summed E-state index contributed by atoms with van der Waals surface area (Å²) in [5.41, 5.74) is 10.2. The van der Waals surface area contributed by atoms with Gasteiger partial charge in [-0.15, -0.1) is 23.8 Å². The molecule has 0 fully saturated rings.